The third-order valence-electron chi connectivity index (χ3n) is 5.49. The fraction of sp³-hybridized carbons (Fsp3) is 0.444. The van der Waals surface area contributed by atoms with E-state index in [-0.39, 0.29) is 0 Å². The van der Waals surface area contributed by atoms with Crippen LogP contribution in [0.5, 0.6) is 0 Å². The second kappa shape index (κ2) is 6.76. The van der Waals surface area contributed by atoms with Crippen molar-refractivity contribution >= 4 is 57.8 Å². The number of halogens is 3. The molecule has 142 valence electrons. The van der Waals surface area contributed by atoms with E-state index in [1.807, 2.05) is 18.2 Å². The highest BCUT2D eigenvalue weighted by Crippen LogP contribution is 2.38. The number of hydrogen-bond donors (Lipinski definition) is 2. The van der Waals surface area contributed by atoms with Gasteiger partial charge in [0.1, 0.15) is 10.3 Å². The molecule has 6 rings (SSSR count). The summed E-state index contributed by atoms with van der Waals surface area (Å²) in [7, 11) is 0. The number of nitrogens with one attached hydrogen (secondary N) is 2. The zero-order valence-electron chi connectivity index (χ0n) is 14.6. The third-order valence-corrected chi connectivity index (χ3v) is 6.38. The van der Waals surface area contributed by atoms with Crippen LogP contribution in [-0.2, 0) is 0 Å². The van der Waals surface area contributed by atoms with E-state index in [4.69, 9.17) is 34.8 Å². The van der Waals surface area contributed by atoms with Gasteiger partial charge in [-0.2, -0.15) is 0 Å². The Morgan fingerprint density at radius 1 is 0.852 bits per heavy atom. The van der Waals surface area contributed by atoms with E-state index in [0.717, 1.165) is 49.9 Å². The molecule has 2 aromatic rings. The standard InChI is InChI=1S/C9H9Cl2N3.C9H10ClN3/c10-6-3-7-9(13-8(6)11)12-5-1-2-14(7)4-5;10-8-2-1-7-9(12-8)11-6-3-4-13(7)5-6/h3,5H,1-2,4H2,(H,12,13);1-2,6H,3-5H2,(H,11,12)/t5-;6-/m00/s1. The van der Waals surface area contributed by atoms with Crippen molar-refractivity contribution in [2.24, 2.45) is 0 Å². The lowest BCUT2D eigenvalue weighted by atomic mass is 10.2. The van der Waals surface area contributed by atoms with Gasteiger partial charge < -0.3 is 20.4 Å². The van der Waals surface area contributed by atoms with E-state index in [0.29, 0.717) is 27.4 Å². The molecular weight excluding hydrogens is 407 g/mol. The van der Waals surface area contributed by atoms with E-state index in [9.17, 15) is 0 Å². The topological polar surface area (TPSA) is 56.3 Å². The van der Waals surface area contributed by atoms with Crippen LogP contribution in [0.1, 0.15) is 12.8 Å². The first-order chi connectivity index (χ1) is 13.1. The third kappa shape index (κ3) is 3.24. The summed E-state index contributed by atoms with van der Waals surface area (Å²) in [6, 6.07) is 6.87. The van der Waals surface area contributed by atoms with Gasteiger partial charge >= 0.3 is 0 Å². The zero-order valence-corrected chi connectivity index (χ0v) is 16.8. The van der Waals surface area contributed by atoms with E-state index >= 15 is 0 Å². The summed E-state index contributed by atoms with van der Waals surface area (Å²) in [6.07, 6.45) is 2.36. The Morgan fingerprint density at radius 3 is 2.19 bits per heavy atom. The first kappa shape index (κ1) is 17.5. The molecule has 0 aromatic carbocycles. The Kier molecular flexibility index (Phi) is 4.37. The Labute approximate surface area is 172 Å². The molecule has 9 heteroatoms. The maximum absolute atomic E-state index is 5.93. The van der Waals surface area contributed by atoms with Gasteiger partial charge in [-0.1, -0.05) is 34.8 Å². The quantitative estimate of drug-likeness (QED) is 0.619. The highest BCUT2D eigenvalue weighted by atomic mass is 35.5. The van der Waals surface area contributed by atoms with Gasteiger partial charge in [-0.25, -0.2) is 9.97 Å². The van der Waals surface area contributed by atoms with Crippen LogP contribution >= 0.6 is 34.8 Å². The number of aromatic nitrogens is 2. The van der Waals surface area contributed by atoms with Gasteiger partial charge in [0.15, 0.2) is 11.6 Å². The minimum absolute atomic E-state index is 0.375. The van der Waals surface area contributed by atoms with E-state index in [2.05, 4.69) is 30.4 Å². The molecule has 4 aliphatic rings. The Bertz CT molecular complexity index is 892. The molecule has 4 aliphatic heterocycles. The molecule has 4 bridgehead atoms. The second-order valence-corrected chi connectivity index (χ2v) is 8.43. The molecule has 0 saturated carbocycles. The van der Waals surface area contributed by atoms with Crippen LogP contribution in [0.4, 0.5) is 23.0 Å². The van der Waals surface area contributed by atoms with E-state index in [1.54, 1.807) is 0 Å². The molecule has 2 N–H and O–H groups in total. The van der Waals surface area contributed by atoms with Crippen LogP contribution in [0, 0.1) is 0 Å². The van der Waals surface area contributed by atoms with E-state index < -0.39 is 0 Å². The summed E-state index contributed by atoms with van der Waals surface area (Å²) in [5.74, 6) is 1.81. The largest absolute Gasteiger partial charge is 0.366 e. The molecule has 0 spiro atoms. The predicted molar refractivity (Wildman–Crippen MR) is 112 cm³/mol. The second-order valence-electron chi connectivity index (χ2n) is 7.28. The summed E-state index contributed by atoms with van der Waals surface area (Å²) in [5, 5.41) is 8.22. The first-order valence-corrected chi connectivity index (χ1v) is 10.3. The molecule has 2 fully saturated rings. The molecule has 2 saturated heterocycles. The molecule has 27 heavy (non-hydrogen) atoms. The van der Waals surface area contributed by atoms with Crippen LogP contribution < -0.4 is 20.4 Å². The van der Waals surface area contributed by atoms with Crippen LogP contribution in [-0.4, -0.2) is 48.2 Å². The molecule has 6 nitrogen and oxygen atoms in total. The zero-order chi connectivity index (χ0) is 18.5. The van der Waals surface area contributed by atoms with Gasteiger partial charge in [-0.3, -0.25) is 0 Å². The summed E-state index contributed by atoms with van der Waals surface area (Å²) in [5.41, 5.74) is 2.27. The summed E-state index contributed by atoms with van der Waals surface area (Å²) in [6.45, 7) is 4.36. The van der Waals surface area contributed by atoms with Crippen LogP contribution in [0.3, 0.4) is 0 Å². The van der Waals surface area contributed by atoms with Crippen molar-refractivity contribution in [1.82, 2.24) is 9.97 Å². The van der Waals surface area contributed by atoms with Crippen molar-refractivity contribution in [2.75, 3.05) is 46.6 Å². The molecular formula is C18H19Cl3N6. The fourth-order valence-electron chi connectivity index (χ4n) is 4.17. The number of rotatable bonds is 0. The van der Waals surface area contributed by atoms with Crippen molar-refractivity contribution < 1.29 is 0 Å². The number of fused-ring (bicyclic) bond motifs is 8. The van der Waals surface area contributed by atoms with Gasteiger partial charge in [-0.05, 0) is 31.0 Å². The normalized spacial score (nSPS) is 23.7. The maximum atomic E-state index is 5.93. The highest BCUT2D eigenvalue weighted by Gasteiger charge is 2.31. The molecule has 6 heterocycles. The van der Waals surface area contributed by atoms with Crippen LogP contribution in [0.25, 0.3) is 0 Å². The smallest absolute Gasteiger partial charge is 0.151 e. The van der Waals surface area contributed by atoms with Crippen molar-refractivity contribution in [3.8, 4) is 0 Å². The lowest BCUT2D eigenvalue weighted by molar-refractivity contribution is 0.788. The average molecular weight is 426 g/mol. The Morgan fingerprint density at radius 2 is 1.48 bits per heavy atom. The van der Waals surface area contributed by atoms with Gasteiger partial charge in [-0.15, -0.1) is 0 Å². The van der Waals surface area contributed by atoms with E-state index in [1.165, 1.54) is 12.1 Å². The Hall–Kier alpha value is -1.63. The summed E-state index contributed by atoms with van der Waals surface area (Å²) >= 11 is 17.6. The molecule has 0 unspecified atom stereocenters. The summed E-state index contributed by atoms with van der Waals surface area (Å²) < 4.78 is 0. The van der Waals surface area contributed by atoms with Crippen molar-refractivity contribution in [3.05, 3.63) is 33.5 Å². The van der Waals surface area contributed by atoms with Gasteiger partial charge in [0.25, 0.3) is 0 Å². The number of nitrogens with zero attached hydrogens (tertiary/aromatic N) is 4. The minimum Gasteiger partial charge on any atom is -0.366 e. The van der Waals surface area contributed by atoms with Crippen LogP contribution in [0.15, 0.2) is 18.2 Å². The van der Waals surface area contributed by atoms with Gasteiger partial charge in [0, 0.05) is 38.3 Å². The molecule has 0 aliphatic carbocycles. The Balaban J connectivity index is 0.000000119. The van der Waals surface area contributed by atoms with Crippen molar-refractivity contribution in [1.29, 1.82) is 0 Å². The summed E-state index contributed by atoms with van der Waals surface area (Å²) in [4.78, 5) is 13.2. The lowest BCUT2D eigenvalue weighted by Crippen LogP contribution is -2.32. The maximum Gasteiger partial charge on any atom is 0.151 e. The molecule has 0 radical (unpaired) electrons. The fourth-order valence-corrected chi connectivity index (χ4v) is 4.61. The van der Waals surface area contributed by atoms with Crippen LogP contribution in [0.2, 0.25) is 15.3 Å². The monoisotopic (exact) mass is 424 g/mol. The van der Waals surface area contributed by atoms with Gasteiger partial charge in [0.2, 0.25) is 0 Å². The van der Waals surface area contributed by atoms with Crippen molar-refractivity contribution in [3.63, 3.8) is 0 Å². The molecule has 2 aromatic heterocycles. The molecule has 2 atom stereocenters. The highest BCUT2D eigenvalue weighted by molar-refractivity contribution is 6.41. The predicted octanol–water partition coefficient (Wildman–Crippen LogP) is 4.13. The first-order valence-electron chi connectivity index (χ1n) is 9.12. The number of hydrogen-bond acceptors (Lipinski definition) is 6. The minimum atomic E-state index is 0.375. The number of anilines is 4. The van der Waals surface area contributed by atoms with Crippen molar-refractivity contribution in [2.45, 2.75) is 24.9 Å². The number of pyridine rings is 2. The van der Waals surface area contributed by atoms with Gasteiger partial charge in [0.05, 0.1) is 16.4 Å². The SMILES string of the molecule is Clc1cc2c(nc1Cl)N[C@H]1CCN2C1.Clc1ccc2c(n1)N[C@H]1CCN2C1. The lowest BCUT2D eigenvalue weighted by Gasteiger charge is -2.27. The average Bonchev–Trinajstić information content (AvgIpc) is 3.22. The molecule has 0 amide bonds.